The van der Waals surface area contributed by atoms with Crippen LogP contribution in [-0.4, -0.2) is 18.0 Å². The molecule has 0 N–H and O–H groups in total. The SMILES string of the molecule is C=C(c1ccccc1F)N1CCCC1. The maximum atomic E-state index is 13.4. The first-order valence-corrected chi connectivity index (χ1v) is 4.98. The van der Waals surface area contributed by atoms with E-state index < -0.39 is 0 Å². The second-order valence-corrected chi connectivity index (χ2v) is 3.62. The average molecular weight is 191 g/mol. The van der Waals surface area contributed by atoms with Crippen molar-refractivity contribution in [3.63, 3.8) is 0 Å². The topological polar surface area (TPSA) is 3.24 Å². The molecule has 1 heterocycles. The molecule has 0 aromatic heterocycles. The summed E-state index contributed by atoms with van der Waals surface area (Å²) < 4.78 is 13.4. The van der Waals surface area contributed by atoms with Crippen molar-refractivity contribution in [2.24, 2.45) is 0 Å². The molecule has 0 amide bonds. The first-order chi connectivity index (χ1) is 6.79. The van der Waals surface area contributed by atoms with Crippen molar-refractivity contribution < 1.29 is 4.39 Å². The Morgan fingerprint density at radius 1 is 1.21 bits per heavy atom. The number of hydrogen-bond donors (Lipinski definition) is 0. The lowest BCUT2D eigenvalue weighted by atomic mass is 10.1. The lowest BCUT2D eigenvalue weighted by Crippen LogP contribution is -2.17. The summed E-state index contributed by atoms with van der Waals surface area (Å²) in [7, 11) is 0. The fraction of sp³-hybridized carbons (Fsp3) is 0.333. The van der Waals surface area contributed by atoms with Gasteiger partial charge in [-0.2, -0.15) is 0 Å². The molecule has 0 unspecified atom stereocenters. The van der Waals surface area contributed by atoms with Crippen LogP contribution < -0.4 is 0 Å². The van der Waals surface area contributed by atoms with Gasteiger partial charge in [0.2, 0.25) is 0 Å². The quantitative estimate of drug-likeness (QED) is 0.694. The highest BCUT2D eigenvalue weighted by atomic mass is 19.1. The van der Waals surface area contributed by atoms with E-state index in [2.05, 4.69) is 11.5 Å². The van der Waals surface area contributed by atoms with Gasteiger partial charge in [-0.25, -0.2) is 4.39 Å². The highest BCUT2D eigenvalue weighted by Crippen LogP contribution is 2.23. The largest absolute Gasteiger partial charge is 0.371 e. The minimum atomic E-state index is -0.176. The first kappa shape index (κ1) is 9.25. The van der Waals surface area contributed by atoms with Gasteiger partial charge >= 0.3 is 0 Å². The van der Waals surface area contributed by atoms with Crippen molar-refractivity contribution in [3.05, 3.63) is 42.2 Å². The summed E-state index contributed by atoms with van der Waals surface area (Å²) in [5, 5.41) is 0. The number of likely N-dealkylation sites (tertiary alicyclic amines) is 1. The zero-order valence-electron chi connectivity index (χ0n) is 8.17. The fourth-order valence-corrected chi connectivity index (χ4v) is 1.85. The summed E-state index contributed by atoms with van der Waals surface area (Å²) in [6.07, 6.45) is 2.38. The molecule has 0 atom stereocenters. The number of benzene rings is 1. The molecule has 1 fully saturated rings. The number of rotatable bonds is 2. The summed E-state index contributed by atoms with van der Waals surface area (Å²) in [4.78, 5) is 2.15. The van der Waals surface area contributed by atoms with Crippen LogP contribution in [0.4, 0.5) is 4.39 Å². The molecule has 1 aliphatic rings. The number of nitrogens with zero attached hydrogens (tertiary/aromatic N) is 1. The van der Waals surface area contributed by atoms with E-state index in [1.807, 2.05) is 6.07 Å². The molecule has 0 spiro atoms. The average Bonchev–Trinajstić information content (AvgIpc) is 2.70. The molecule has 14 heavy (non-hydrogen) atoms. The van der Waals surface area contributed by atoms with E-state index in [1.165, 1.54) is 18.9 Å². The molecular formula is C12H14FN. The van der Waals surface area contributed by atoms with Gasteiger partial charge in [-0.3, -0.25) is 0 Å². The van der Waals surface area contributed by atoms with Crippen LogP contribution in [0.2, 0.25) is 0 Å². The minimum absolute atomic E-state index is 0.176. The molecule has 74 valence electrons. The minimum Gasteiger partial charge on any atom is -0.371 e. The molecule has 0 saturated carbocycles. The summed E-state index contributed by atoms with van der Waals surface area (Å²) in [6, 6.07) is 6.82. The Hall–Kier alpha value is -1.31. The molecule has 1 saturated heterocycles. The van der Waals surface area contributed by atoms with Crippen LogP contribution in [0.1, 0.15) is 18.4 Å². The number of hydrogen-bond acceptors (Lipinski definition) is 1. The fourth-order valence-electron chi connectivity index (χ4n) is 1.85. The van der Waals surface area contributed by atoms with Gasteiger partial charge in [-0.05, 0) is 25.0 Å². The Bertz CT molecular complexity index is 340. The van der Waals surface area contributed by atoms with Crippen LogP contribution in [-0.2, 0) is 0 Å². The van der Waals surface area contributed by atoms with Gasteiger partial charge in [-0.15, -0.1) is 0 Å². The number of halogens is 1. The van der Waals surface area contributed by atoms with Gasteiger partial charge in [0.25, 0.3) is 0 Å². The van der Waals surface area contributed by atoms with Crippen LogP contribution in [0.3, 0.4) is 0 Å². The molecule has 1 nitrogen and oxygen atoms in total. The lowest BCUT2D eigenvalue weighted by Gasteiger charge is -2.20. The highest BCUT2D eigenvalue weighted by molar-refractivity contribution is 5.62. The second kappa shape index (κ2) is 3.82. The highest BCUT2D eigenvalue weighted by Gasteiger charge is 2.16. The van der Waals surface area contributed by atoms with E-state index in [0.29, 0.717) is 5.56 Å². The van der Waals surface area contributed by atoms with Gasteiger partial charge in [0.15, 0.2) is 0 Å². The maximum absolute atomic E-state index is 13.4. The standard InChI is InChI=1S/C12H14FN/c1-10(14-8-4-5-9-14)11-6-2-3-7-12(11)13/h2-3,6-7H,1,4-5,8-9H2. The van der Waals surface area contributed by atoms with Crippen molar-refractivity contribution in [1.82, 2.24) is 4.90 Å². The smallest absolute Gasteiger partial charge is 0.132 e. The van der Waals surface area contributed by atoms with E-state index in [-0.39, 0.29) is 5.82 Å². The van der Waals surface area contributed by atoms with E-state index in [0.717, 1.165) is 18.8 Å². The maximum Gasteiger partial charge on any atom is 0.132 e. The van der Waals surface area contributed by atoms with E-state index in [1.54, 1.807) is 12.1 Å². The summed E-state index contributed by atoms with van der Waals surface area (Å²) in [6.45, 7) is 5.97. The molecule has 1 aliphatic heterocycles. The van der Waals surface area contributed by atoms with Gasteiger partial charge in [-0.1, -0.05) is 18.7 Å². The third kappa shape index (κ3) is 1.65. The molecule has 2 rings (SSSR count). The predicted molar refractivity (Wildman–Crippen MR) is 56.2 cm³/mol. The van der Waals surface area contributed by atoms with E-state index >= 15 is 0 Å². The second-order valence-electron chi connectivity index (χ2n) is 3.62. The molecule has 0 aliphatic carbocycles. The van der Waals surface area contributed by atoms with E-state index in [4.69, 9.17) is 0 Å². The normalized spacial score (nSPS) is 15.9. The zero-order valence-corrected chi connectivity index (χ0v) is 8.17. The lowest BCUT2D eigenvalue weighted by molar-refractivity contribution is 0.489. The van der Waals surface area contributed by atoms with Gasteiger partial charge in [0.05, 0.1) is 0 Å². The third-order valence-electron chi connectivity index (χ3n) is 2.67. The Morgan fingerprint density at radius 3 is 2.50 bits per heavy atom. The molecular weight excluding hydrogens is 177 g/mol. The molecule has 1 aromatic rings. The van der Waals surface area contributed by atoms with Gasteiger partial charge in [0.1, 0.15) is 5.82 Å². The van der Waals surface area contributed by atoms with Crippen molar-refractivity contribution in [1.29, 1.82) is 0 Å². The Labute approximate surface area is 83.9 Å². The summed E-state index contributed by atoms with van der Waals surface area (Å²) >= 11 is 0. The van der Waals surface area contributed by atoms with Gasteiger partial charge in [0, 0.05) is 24.4 Å². The molecule has 2 heteroatoms. The van der Waals surface area contributed by atoms with Crippen LogP contribution in [0, 0.1) is 5.82 Å². The molecule has 0 bridgehead atoms. The molecule has 1 aromatic carbocycles. The van der Waals surface area contributed by atoms with Crippen molar-refractivity contribution in [2.45, 2.75) is 12.8 Å². The first-order valence-electron chi connectivity index (χ1n) is 4.98. The monoisotopic (exact) mass is 191 g/mol. The van der Waals surface area contributed by atoms with E-state index in [9.17, 15) is 4.39 Å². The van der Waals surface area contributed by atoms with Crippen LogP contribution in [0.5, 0.6) is 0 Å². The van der Waals surface area contributed by atoms with Gasteiger partial charge < -0.3 is 4.90 Å². The van der Waals surface area contributed by atoms with Crippen LogP contribution in [0.25, 0.3) is 5.70 Å². The third-order valence-corrected chi connectivity index (χ3v) is 2.67. The zero-order chi connectivity index (χ0) is 9.97. The van der Waals surface area contributed by atoms with Crippen molar-refractivity contribution in [2.75, 3.05) is 13.1 Å². The van der Waals surface area contributed by atoms with Crippen molar-refractivity contribution >= 4 is 5.70 Å². The summed E-state index contributed by atoms with van der Waals surface area (Å²) in [5.41, 5.74) is 1.45. The van der Waals surface area contributed by atoms with Crippen LogP contribution in [0.15, 0.2) is 30.8 Å². The Balaban J connectivity index is 2.22. The Morgan fingerprint density at radius 2 is 1.86 bits per heavy atom. The Kier molecular flexibility index (Phi) is 2.53. The van der Waals surface area contributed by atoms with Crippen LogP contribution >= 0.6 is 0 Å². The molecule has 0 radical (unpaired) electrons. The summed E-state index contributed by atoms with van der Waals surface area (Å²) in [5.74, 6) is -0.176. The predicted octanol–water partition coefficient (Wildman–Crippen LogP) is 2.89. The van der Waals surface area contributed by atoms with Crippen molar-refractivity contribution in [3.8, 4) is 0 Å².